The summed E-state index contributed by atoms with van der Waals surface area (Å²) in [6, 6.07) is 9.06. The molecule has 0 aliphatic heterocycles. The summed E-state index contributed by atoms with van der Waals surface area (Å²) in [5, 5.41) is 25.1. The first-order valence-electron chi connectivity index (χ1n) is 6.16. The van der Waals surface area contributed by atoms with Gasteiger partial charge in [0.1, 0.15) is 12.2 Å². The van der Waals surface area contributed by atoms with Gasteiger partial charge in [-0.15, -0.1) is 0 Å². The Morgan fingerprint density at radius 2 is 1.74 bits per heavy atom. The number of aliphatic hydroxyl groups is 2. The van der Waals surface area contributed by atoms with E-state index in [1.807, 2.05) is 32.0 Å². The van der Waals surface area contributed by atoms with Crippen molar-refractivity contribution in [2.75, 3.05) is 0 Å². The van der Waals surface area contributed by atoms with Crippen molar-refractivity contribution in [3.05, 3.63) is 52.8 Å². The van der Waals surface area contributed by atoms with Crippen LogP contribution in [-0.2, 0) is 0 Å². The summed E-state index contributed by atoms with van der Waals surface area (Å²) in [4.78, 5) is 0. The van der Waals surface area contributed by atoms with Crippen molar-refractivity contribution in [1.82, 2.24) is 9.78 Å². The molecule has 5 heteroatoms. The van der Waals surface area contributed by atoms with Crippen LogP contribution in [0.1, 0.15) is 43.4 Å². The Morgan fingerprint density at radius 1 is 1.11 bits per heavy atom. The third-order valence-electron chi connectivity index (χ3n) is 3.00. The SMILES string of the molecule is CC(C)n1ncc(Cl)c1C(O)C(O)c1ccccc1. The first-order chi connectivity index (χ1) is 9.02. The van der Waals surface area contributed by atoms with E-state index in [9.17, 15) is 10.2 Å². The molecule has 2 atom stereocenters. The average molecular weight is 281 g/mol. The van der Waals surface area contributed by atoms with Gasteiger partial charge in [-0.3, -0.25) is 4.68 Å². The summed E-state index contributed by atoms with van der Waals surface area (Å²) >= 11 is 6.06. The molecule has 0 aliphatic carbocycles. The molecule has 0 fully saturated rings. The van der Waals surface area contributed by atoms with E-state index in [1.165, 1.54) is 6.20 Å². The van der Waals surface area contributed by atoms with E-state index in [1.54, 1.807) is 16.8 Å². The van der Waals surface area contributed by atoms with E-state index in [2.05, 4.69) is 5.10 Å². The van der Waals surface area contributed by atoms with Gasteiger partial charge >= 0.3 is 0 Å². The zero-order chi connectivity index (χ0) is 14.0. The first kappa shape index (κ1) is 14.1. The zero-order valence-corrected chi connectivity index (χ0v) is 11.6. The molecule has 4 nitrogen and oxygen atoms in total. The molecule has 0 aliphatic rings. The van der Waals surface area contributed by atoms with Crippen LogP contribution in [0.15, 0.2) is 36.5 Å². The molecule has 1 heterocycles. The largest absolute Gasteiger partial charge is 0.385 e. The molecule has 19 heavy (non-hydrogen) atoms. The quantitative estimate of drug-likeness (QED) is 0.905. The standard InChI is InChI=1S/C14H17ClN2O2/c1-9(2)17-12(11(15)8-16-17)14(19)13(18)10-6-4-3-5-7-10/h3-9,13-14,18-19H,1-2H3. The smallest absolute Gasteiger partial charge is 0.127 e. The number of aliphatic hydroxyl groups excluding tert-OH is 2. The highest BCUT2D eigenvalue weighted by Crippen LogP contribution is 2.33. The topological polar surface area (TPSA) is 58.3 Å². The Balaban J connectivity index is 2.34. The number of hydrogen-bond acceptors (Lipinski definition) is 3. The second-order valence-electron chi connectivity index (χ2n) is 4.72. The predicted molar refractivity (Wildman–Crippen MR) is 74.0 cm³/mol. The zero-order valence-electron chi connectivity index (χ0n) is 10.9. The van der Waals surface area contributed by atoms with Gasteiger partial charge < -0.3 is 10.2 Å². The maximum absolute atomic E-state index is 10.3. The van der Waals surface area contributed by atoms with Gasteiger partial charge in [-0.2, -0.15) is 5.10 Å². The number of hydrogen-bond donors (Lipinski definition) is 2. The van der Waals surface area contributed by atoms with E-state index in [-0.39, 0.29) is 6.04 Å². The van der Waals surface area contributed by atoms with Crippen molar-refractivity contribution in [3.8, 4) is 0 Å². The Bertz CT molecular complexity index is 540. The fraction of sp³-hybridized carbons (Fsp3) is 0.357. The second-order valence-corrected chi connectivity index (χ2v) is 5.12. The summed E-state index contributed by atoms with van der Waals surface area (Å²) in [5.41, 5.74) is 1.08. The molecule has 0 amide bonds. The molecule has 2 aromatic rings. The predicted octanol–water partition coefficient (Wildman–Crippen LogP) is 2.88. The van der Waals surface area contributed by atoms with E-state index < -0.39 is 12.2 Å². The van der Waals surface area contributed by atoms with Crippen LogP contribution in [0.3, 0.4) is 0 Å². The molecule has 0 saturated carbocycles. The molecule has 2 unspecified atom stereocenters. The molecule has 2 N–H and O–H groups in total. The molecule has 1 aromatic heterocycles. The van der Waals surface area contributed by atoms with E-state index in [4.69, 9.17) is 11.6 Å². The fourth-order valence-electron chi connectivity index (χ4n) is 2.02. The number of benzene rings is 1. The number of aromatic nitrogens is 2. The van der Waals surface area contributed by atoms with Crippen LogP contribution in [0.25, 0.3) is 0 Å². The highest BCUT2D eigenvalue weighted by atomic mass is 35.5. The maximum atomic E-state index is 10.3. The third kappa shape index (κ3) is 2.81. The van der Waals surface area contributed by atoms with Crippen LogP contribution >= 0.6 is 11.6 Å². The van der Waals surface area contributed by atoms with Crippen molar-refractivity contribution in [1.29, 1.82) is 0 Å². The van der Waals surface area contributed by atoms with E-state index in [0.29, 0.717) is 16.3 Å². The summed E-state index contributed by atoms with van der Waals surface area (Å²) < 4.78 is 1.62. The number of nitrogens with zero attached hydrogens (tertiary/aromatic N) is 2. The minimum absolute atomic E-state index is 0.0557. The lowest BCUT2D eigenvalue weighted by atomic mass is 10.0. The van der Waals surface area contributed by atoms with Gasteiger partial charge in [0.2, 0.25) is 0 Å². The van der Waals surface area contributed by atoms with Crippen LogP contribution in [0.5, 0.6) is 0 Å². The van der Waals surface area contributed by atoms with Crippen LogP contribution < -0.4 is 0 Å². The molecule has 1 aromatic carbocycles. The van der Waals surface area contributed by atoms with Crippen molar-refractivity contribution >= 4 is 11.6 Å². The molecule has 0 bridgehead atoms. The highest BCUT2D eigenvalue weighted by Gasteiger charge is 2.27. The van der Waals surface area contributed by atoms with Crippen molar-refractivity contribution < 1.29 is 10.2 Å². The van der Waals surface area contributed by atoms with Gasteiger partial charge in [-0.05, 0) is 19.4 Å². The summed E-state index contributed by atoms with van der Waals surface area (Å²) in [6.45, 7) is 3.88. The molecule has 0 saturated heterocycles. The lowest BCUT2D eigenvalue weighted by Crippen LogP contribution is -2.17. The van der Waals surface area contributed by atoms with Gasteiger partial charge in [0.15, 0.2) is 0 Å². The van der Waals surface area contributed by atoms with Crippen LogP contribution in [0, 0.1) is 0 Å². The van der Waals surface area contributed by atoms with E-state index >= 15 is 0 Å². The highest BCUT2D eigenvalue weighted by molar-refractivity contribution is 6.31. The number of halogens is 1. The van der Waals surface area contributed by atoms with Gasteiger partial charge in [0.25, 0.3) is 0 Å². The molecule has 2 rings (SSSR count). The van der Waals surface area contributed by atoms with Gasteiger partial charge in [-0.25, -0.2) is 0 Å². The van der Waals surface area contributed by atoms with Gasteiger partial charge in [0, 0.05) is 6.04 Å². The fourth-order valence-corrected chi connectivity index (χ4v) is 2.26. The van der Waals surface area contributed by atoms with Crippen LogP contribution in [-0.4, -0.2) is 20.0 Å². The molecular weight excluding hydrogens is 264 g/mol. The van der Waals surface area contributed by atoms with Crippen molar-refractivity contribution in [2.45, 2.75) is 32.1 Å². The summed E-state index contributed by atoms with van der Waals surface area (Å²) in [6.07, 6.45) is -0.662. The van der Waals surface area contributed by atoms with Crippen molar-refractivity contribution in [2.24, 2.45) is 0 Å². The summed E-state index contributed by atoms with van der Waals surface area (Å²) in [5.74, 6) is 0. The Kier molecular flexibility index (Phi) is 4.24. The Labute approximate surface area is 117 Å². The lowest BCUT2D eigenvalue weighted by molar-refractivity contribution is 0.0112. The van der Waals surface area contributed by atoms with Gasteiger partial charge in [-0.1, -0.05) is 41.9 Å². The minimum Gasteiger partial charge on any atom is -0.385 e. The normalized spacial score (nSPS) is 14.6. The maximum Gasteiger partial charge on any atom is 0.127 e. The average Bonchev–Trinajstić information content (AvgIpc) is 2.80. The lowest BCUT2D eigenvalue weighted by Gasteiger charge is -2.21. The van der Waals surface area contributed by atoms with Crippen LogP contribution in [0.2, 0.25) is 5.02 Å². The van der Waals surface area contributed by atoms with Gasteiger partial charge in [0.05, 0.1) is 16.9 Å². The van der Waals surface area contributed by atoms with E-state index in [0.717, 1.165) is 0 Å². The van der Waals surface area contributed by atoms with Crippen LogP contribution in [0.4, 0.5) is 0 Å². The third-order valence-corrected chi connectivity index (χ3v) is 3.29. The molecule has 102 valence electrons. The second kappa shape index (κ2) is 5.74. The Morgan fingerprint density at radius 3 is 2.32 bits per heavy atom. The number of rotatable bonds is 4. The molecule has 0 radical (unpaired) electrons. The monoisotopic (exact) mass is 280 g/mol. The Hall–Kier alpha value is -1.36. The minimum atomic E-state index is -1.11. The molecule has 0 spiro atoms. The summed E-state index contributed by atoms with van der Waals surface area (Å²) in [7, 11) is 0. The molecular formula is C14H17ClN2O2. The van der Waals surface area contributed by atoms with Crippen molar-refractivity contribution in [3.63, 3.8) is 0 Å². The first-order valence-corrected chi connectivity index (χ1v) is 6.54.